The lowest BCUT2D eigenvalue weighted by Crippen LogP contribution is -2.17. The molecule has 0 atom stereocenters. The van der Waals surface area contributed by atoms with Gasteiger partial charge in [-0.25, -0.2) is 4.98 Å². The fraction of sp³-hybridized carbons (Fsp3) is 0.667. The summed E-state index contributed by atoms with van der Waals surface area (Å²) in [5.41, 5.74) is 1.25. The molecule has 1 saturated carbocycles. The van der Waals surface area contributed by atoms with Crippen LogP contribution >= 0.6 is 11.8 Å². The highest BCUT2D eigenvalue weighted by Gasteiger charge is 2.32. The Balaban J connectivity index is 2.27. The minimum atomic E-state index is -0.794. The van der Waals surface area contributed by atoms with E-state index in [-0.39, 0.29) is 11.2 Å². The minimum Gasteiger partial charge on any atom is -0.481 e. The minimum absolute atomic E-state index is 0.0532. The van der Waals surface area contributed by atoms with Gasteiger partial charge in [0.1, 0.15) is 0 Å². The highest BCUT2D eigenvalue weighted by Crippen LogP contribution is 2.41. The molecule has 17 heavy (non-hydrogen) atoms. The van der Waals surface area contributed by atoms with Crippen molar-refractivity contribution in [2.45, 2.75) is 50.2 Å². The maximum atomic E-state index is 10.6. The number of carbonyl (C=O) groups is 1. The van der Waals surface area contributed by atoms with Crippen LogP contribution in [0.15, 0.2) is 11.4 Å². The molecule has 0 unspecified atom stereocenters. The van der Waals surface area contributed by atoms with Crippen molar-refractivity contribution in [3.63, 3.8) is 0 Å². The Morgan fingerprint density at radius 3 is 2.71 bits per heavy atom. The van der Waals surface area contributed by atoms with Crippen LogP contribution in [0.4, 0.5) is 0 Å². The van der Waals surface area contributed by atoms with E-state index in [9.17, 15) is 4.79 Å². The van der Waals surface area contributed by atoms with Crippen molar-refractivity contribution in [1.29, 1.82) is 0 Å². The molecule has 1 aliphatic carbocycles. The molecular weight excluding hydrogens is 236 g/mol. The Labute approximate surface area is 105 Å². The summed E-state index contributed by atoms with van der Waals surface area (Å²) in [5, 5.41) is 9.58. The van der Waals surface area contributed by atoms with E-state index >= 15 is 0 Å². The molecule has 0 spiro atoms. The van der Waals surface area contributed by atoms with E-state index in [1.165, 1.54) is 30.3 Å². The van der Waals surface area contributed by atoms with Crippen LogP contribution in [0.5, 0.6) is 0 Å². The summed E-state index contributed by atoms with van der Waals surface area (Å²) in [6, 6.07) is 0.531. The second kappa shape index (κ2) is 4.37. The molecule has 2 rings (SSSR count). The first-order chi connectivity index (χ1) is 7.89. The van der Waals surface area contributed by atoms with Crippen molar-refractivity contribution < 1.29 is 9.90 Å². The van der Waals surface area contributed by atoms with Crippen LogP contribution in [0.1, 0.15) is 45.3 Å². The normalized spacial score (nSPS) is 16.2. The SMILES string of the molecule is CC(C)(C)c1cnc(SCC(=O)O)n1C1CC1. The number of hydrogen-bond donors (Lipinski definition) is 1. The zero-order valence-electron chi connectivity index (χ0n) is 10.4. The Morgan fingerprint density at radius 2 is 2.24 bits per heavy atom. The van der Waals surface area contributed by atoms with Gasteiger partial charge in [-0.15, -0.1) is 0 Å². The Morgan fingerprint density at radius 1 is 1.59 bits per heavy atom. The van der Waals surface area contributed by atoms with Crippen LogP contribution in [0, 0.1) is 0 Å². The molecule has 1 N–H and O–H groups in total. The van der Waals surface area contributed by atoms with Crippen LogP contribution in [0.2, 0.25) is 0 Å². The molecule has 0 saturated heterocycles. The largest absolute Gasteiger partial charge is 0.481 e. The molecular formula is C12H18N2O2S. The Bertz CT molecular complexity index is 430. The van der Waals surface area contributed by atoms with Gasteiger partial charge in [-0.3, -0.25) is 4.79 Å². The van der Waals surface area contributed by atoms with Gasteiger partial charge in [0.2, 0.25) is 0 Å². The Kier molecular flexibility index (Phi) is 3.21. The van der Waals surface area contributed by atoms with Gasteiger partial charge in [-0.05, 0) is 12.8 Å². The standard InChI is InChI=1S/C12H18N2O2S/c1-12(2,3)9-6-13-11(17-7-10(15)16)14(9)8-4-5-8/h6,8H,4-5,7H2,1-3H3,(H,15,16). The zero-order chi connectivity index (χ0) is 12.6. The van der Waals surface area contributed by atoms with Crippen LogP contribution in [-0.4, -0.2) is 26.4 Å². The van der Waals surface area contributed by atoms with Crippen LogP contribution in [0.3, 0.4) is 0 Å². The van der Waals surface area contributed by atoms with Gasteiger partial charge in [0, 0.05) is 23.3 Å². The Hall–Kier alpha value is -0.970. The molecule has 4 nitrogen and oxygen atoms in total. The lowest BCUT2D eigenvalue weighted by Gasteiger charge is -2.21. The average Bonchev–Trinajstić information content (AvgIpc) is 2.93. The van der Waals surface area contributed by atoms with Gasteiger partial charge in [-0.2, -0.15) is 0 Å². The first-order valence-corrected chi connectivity index (χ1v) is 6.80. The second-order valence-corrected chi connectivity index (χ2v) is 6.40. The quantitative estimate of drug-likeness (QED) is 0.839. The molecule has 94 valence electrons. The molecule has 5 heteroatoms. The molecule has 1 fully saturated rings. The number of hydrogen-bond acceptors (Lipinski definition) is 3. The van der Waals surface area contributed by atoms with Crippen molar-refractivity contribution in [3.05, 3.63) is 11.9 Å². The summed E-state index contributed by atoms with van der Waals surface area (Å²) >= 11 is 1.31. The van der Waals surface area contributed by atoms with E-state index in [1.807, 2.05) is 6.20 Å². The van der Waals surface area contributed by atoms with E-state index in [4.69, 9.17) is 5.11 Å². The van der Waals surface area contributed by atoms with Crippen molar-refractivity contribution in [2.75, 3.05) is 5.75 Å². The van der Waals surface area contributed by atoms with Gasteiger partial charge >= 0.3 is 5.97 Å². The summed E-state index contributed by atoms with van der Waals surface area (Å²) < 4.78 is 2.23. The summed E-state index contributed by atoms with van der Waals surface area (Å²) in [6.45, 7) is 6.48. The third-order valence-electron chi connectivity index (χ3n) is 2.77. The number of aliphatic carboxylic acids is 1. The predicted molar refractivity (Wildman–Crippen MR) is 67.6 cm³/mol. The first-order valence-electron chi connectivity index (χ1n) is 5.82. The highest BCUT2D eigenvalue weighted by molar-refractivity contribution is 7.99. The number of nitrogens with zero attached hydrogens (tertiary/aromatic N) is 2. The van der Waals surface area contributed by atoms with Crippen molar-refractivity contribution in [1.82, 2.24) is 9.55 Å². The van der Waals surface area contributed by atoms with E-state index < -0.39 is 5.97 Å². The monoisotopic (exact) mass is 254 g/mol. The lowest BCUT2D eigenvalue weighted by atomic mass is 9.92. The van der Waals surface area contributed by atoms with Crippen molar-refractivity contribution >= 4 is 17.7 Å². The smallest absolute Gasteiger partial charge is 0.313 e. The molecule has 1 heterocycles. The average molecular weight is 254 g/mol. The third kappa shape index (κ3) is 2.83. The van der Waals surface area contributed by atoms with E-state index in [0.29, 0.717) is 6.04 Å². The molecule has 1 aliphatic rings. The highest BCUT2D eigenvalue weighted by atomic mass is 32.2. The van der Waals surface area contributed by atoms with Gasteiger partial charge in [0.15, 0.2) is 5.16 Å². The van der Waals surface area contributed by atoms with Crippen molar-refractivity contribution in [2.24, 2.45) is 0 Å². The molecule has 0 aliphatic heterocycles. The summed E-state index contributed by atoms with van der Waals surface area (Å²) in [5.74, 6) is -0.717. The topological polar surface area (TPSA) is 55.1 Å². The molecule has 0 amide bonds. The van der Waals surface area contributed by atoms with Gasteiger partial charge < -0.3 is 9.67 Å². The van der Waals surface area contributed by atoms with Crippen LogP contribution < -0.4 is 0 Å². The molecule has 0 aromatic carbocycles. The predicted octanol–water partition coefficient (Wildman–Crippen LogP) is 2.69. The fourth-order valence-electron chi connectivity index (χ4n) is 1.82. The molecule has 1 aromatic rings. The third-order valence-corrected chi connectivity index (χ3v) is 3.72. The second-order valence-electron chi connectivity index (χ2n) is 5.46. The number of carboxylic acids is 1. The summed E-state index contributed by atoms with van der Waals surface area (Å²) in [4.78, 5) is 15.0. The number of carboxylic acid groups (broad SMARTS) is 1. The van der Waals surface area contributed by atoms with Crippen LogP contribution in [-0.2, 0) is 10.2 Å². The zero-order valence-corrected chi connectivity index (χ0v) is 11.3. The number of rotatable bonds is 4. The maximum Gasteiger partial charge on any atom is 0.313 e. The molecule has 1 aromatic heterocycles. The van der Waals surface area contributed by atoms with Crippen molar-refractivity contribution in [3.8, 4) is 0 Å². The summed E-state index contributed by atoms with van der Waals surface area (Å²) in [7, 11) is 0. The molecule has 0 bridgehead atoms. The van der Waals surface area contributed by atoms with E-state index in [2.05, 4.69) is 30.3 Å². The fourth-order valence-corrected chi connectivity index (χ4v) is 2.58. The number of imidazole rings is 1. The van der Waals surface area contributed by atoms with Crippen LogP contribution in [0.25, 0.3) is 0 Å². The van der Waals surface area contributed by atoms with E-state index in [1.54, 1.807) is 0 Å². The van der Waals surface area contributed by atoms with E-state index in [0.717, 1.165) is 5.16 Å². The molecule has 0 radical (unpaired) electrons. The number of thioether (sulfide) groups is 1. The maximum absolute atomic E-state index is 10.6. The van der Waals surface area contributed by atoms with Gasteiger partial charge in [0.25, 0.3) is 0 Å². The van der Waals surface area contributed by atoms with Gasteiger partial charge in [0.05, 0.1) is 5.75 Å². The first kappa shape index (κ1) is 12.5. The summed E-state index contributed by atoms with van der Waals surface area (Å²) in [6.07, 6.45) is 4.25. The number of aromatic nitrogens is 2. The van der Waals surface area contributed by atoms with Gasteiger partial charge in [-0.1, -0.05) is 32.5 Å². The lowest BCUT2D eigenvalue weighted by molar-refractivity contribution is -0.133.